The fourth-order valence-electron chi connectivity index (χ4n) is 2.11. The van der Waals surface area contributed by atoms with E-state index in [0.717, 1.165) is 38.2 Å². The van der Waals surface area contributed by atoms with Crippen LogP contribution >= 0.6 is 12.6 Å². The van der Waals surface area contributed by atoms with Crippen LogP contribution in [0.3, 0.4) is 0 Å². The fraction of sp³-hybridized carbons (Fsp3) is 1.00. The van der Waals surface area contributed by atoms with Crippen LogP contribution in [0.2, 0.25) is 0 Å². The summed E-state index contributed by atoms with van der Waals surface area (Å²) in [4.78, 5) is 2.50. The van der Waals surface area contributed by atoms with Crippen molar-refractivity contribution in [3.05, 3.63) is 0 Å². The van der Waals surface area contributed by atoms with Crippen LogP contribution in [0, 0.1) is 5.41 Å². The van der Waals surface area contributed by atoms with E-state index < -0.39 is 0 Å². The number of rotatable bonds is 6. The highest BCUT2D eigenvalue weighted by molar-refractivity contribution is 7.80. The summed E-state index contributed by atoms with van der Waals surface area (Å²) >= 11 is 4.39. The van der Waals surface area contributed by atoms with Gasteiger partial charge in [-0.1, -0.05) is 13.8 Å². The fourth-order valence-corrected chi connectivity index (χ4v) is 2.21. The van der Waals surface area contributed by atoms with Crippen molar-refractivity contribution in [2.24, 2.45) is 5.41 Å². The van der Waals surface area contributed by atoms with Gasteiger partial charge in [-0.25, -0.2) is 0 Å². The Labute approximate surface area is 105 Å². The first-order chi connectivity index (χ1) is 7.57. The maximum atomic E-state index is 8.69. The van der Waals surface area contributed by atoms with Crippen molar-refractivity contribution >= 4 is 12.6 Å². The van der Waals surface area contributed by atoms with Crippen molar-refractivity contribution < 1.29 is 9.84 Å². The summed E-state index contributed by atoms with van der Waals surface area (Å²) < 4.78 is 5.55. The zero-order valence-electron chi connectivity index (χ0n) is 10.5. The predicted molar refractivity (Wildman–Crippen MR) is 70.1 cm³/mol. The second-order valence-corrected chi connectivity index (χ2v) is 5.71. The van der Waals surface area contributed by atoms with Gasteiger partial charge in [0.05, 0.1) is 19.3 Å². The van der Waals surface area contributed by atoms with Crippen molar-refractivity contribution in [2.45, 2.75) is 32.8 Å². The van der Waals surface area contributed by atoms with Crippen molar-refractivity contribution in [3.8, 4) is 0 Å². The molecule has 1 aliphatic rings. The van der Waals surface area contributed by atoms with E-state index in [0.29, 0.717) is 18.1 Å². The van der Waals surface area contributed by atoms with Crippen molar-refractivity contribution in [1.29, 1.82) is 0 Å². The molecule has 0 spiro atoms. The van der Waals surface area contributed by atoms with Gasteiger partial charge < -0.3 is 14.7 Å². The zero-order valence-corrected chi connectivity index (χ0v) is 11.4. The Morgan fingerprint density at radius 3 is 2.50 bits per heavy atom. The number of hydrogen-bond acceptors (Lipinski definition) is 4. The highest BCUT2D eigenvalue weighted by Crippen LogP contribution is 2.22. The van der Waals surface area contributed by atoms with Gasteiger partial charge >= 0.3 is 0 Å². The van der Waals surface area contributed by atoms with E-state index in [4.69, 9.17) is 9.84 Å². The molecule has 1 aliphatic heterocycles. The molecular weight excluding hydrogens is 222 g/mol. The van der Waals surface area contributed by atoms with Crippen molar-refractivity contribution in [2.75, 3.05) is 38.6 Å². The normalized spacial score (nSPS) is 20.2. The van der Waals surface area contributed by atoms with Gasteiger partial charge in [-0.15, -0.1) is 0 Å². The number of likely N-dealkylation sites (tertiary alicyclic amines) is 1. The number of aliphatic hydroxyl groups is 1. The molecule has 16 heavy (non-hydrogen) atoms. The molecule has 96 valence electrons. The van der Waals surface area contributed by atoms with Crippen LogP contribution in [0.25, 0.3) is 0 Å². The molecule has 0 aromatic heterocycles. The molecule has 0 aromatic rings. The third-order valence-electron chi connectivity index (χ3n) is 3.06. The van der Waals surface area contributed by atoms with Gasteiger partial charge in [-0.2, -0.15) is 12.6 Å². The maximum Gasteiger partial charge on any atom is 0.0701 e. The number of hydrogen-bond donors (Lipinski definition) is 2. The van der Waals surface area contributed by atoms with Crippen LogP contribution in [0.4, 0.5) is 0 Å². The lowest BCUT2D eigenvalue weighted by Crippen LogP contribution is -2.42. The third-order valence-corrected chi connectivity index (χ3v) is 3.92. The summed E-state index contributed by atoms with van der Waals surface area (Å²) in [7, 11) is 0. The van der Waals surface area contributed by atoms with E-state index in [1.54, 1.807) is 0 Å². The SMILES string of the molecule is CC(C)(CS)CN1CCC(OCCO)CC1. The largest absolute Gasteiger partial charge is 0.394 e. The molecule has 1 saturated heterocycles. The van der Waals surface area contributed by atoms with Crippen molar-refractivity contribution in [3.63, 3.8) is 0 Å². The van der Waals surface area contributed by atoms with Gasteiger partial charge in [0, 0.05) is 19.6 Å². The Morgan fingerprint density at radius 2 is 2.00 bits per heavy atom. The summed E-state index contributed by atoms with van der Waals surface area (Å²) in [5.41, 5.74) is 0.294. The van der Waals surface area contributed by atoms with Crippen LogP contribution in [0.5, 0.6) is 0 Å². The van der Waals surface area contributed by atoms with Crippen LogP contribution in [0.1, 0.15) is 26.7 Å². The van der Waals surface area contributed by atoms with Gasteiger partial charge in [-0.05, 0) is 24.0 Å². The summed E-state index contributed by atoms with van der Waals surface area (Å²) in [6.07, 6.45) is 2.52. The average Bonchev–Trinajstić information content (AvgIpc) is 2.28. The van der Waals surface area contributed by atoms with E-state index in [1.807, 2.05) is 0 Å². The molecule has 0 aliphatic carbocycles. The van der Waals surface area contributed by atoms with Gasteiger partial charge in [-0.3, -0.25) is 0 Å². The topological polar surface area (TPSA) is 32.7 Å². The number of ether oxygens (including phenoxy) is 1. The minimum atomic E-state index is 0.132. The van der Waals surface area contributed by atoms with Crippen LogP contribution in [0.15, 0.2) is 0 Å². The third kappa shape index (κ3) is 5.04. The summed E-state index contributed by atoms with van der Waals surface area (Å²) in [6.45, 7) is 8.45. The molecule has 0 aromatic carbocycles. The highest BCUT2D eigenvalue weighted by atomic mass is 32.1. The Kier molecular flexibility index (Phi) is 6.11. The standard InChI is InChI=1S/C12H25NO2S/c1-12(2,10-16)9-13-5-3-11(4-6-13)15-8-7-14/h11,14,16H,3-10H2,1-2H3. The molecule has 3 nitrogen and oxygen atoms in total. The van der Waals surface area contributed by atoms with E-state index in [2.05, 4.69) is 31.4 Å². The van der Waals surface area contributed by atoms with Gasteiger partial charge in [0.1, 0.15) is 0 Å². The molecule has 0 radical (unpaired) electrons. The van der Waals surface area contributed by atoms with Gasteiger partial charge in [0.25, 0.3) is 0 Å². The first kappa shape index (κ1) is 14.3. The minimum absolute atomic E-state index is 0.132. The molecular formula is C12H25NO2S. The van der Waals surface area contributed by atoms with E-state index >= 15 is 0 Å². The molecule has 0 atom stereocenters. The number of aliphatic hydroxyl groups excluding tert-OH is 1. The molecule has 0 unspecified atom stereocenters. The lowest BCUT2D eigenvalue weighted by Gasteiger charge is -2.36. The van der Waals surface area contributed by atoms with Crippen LogP contribution < -0.4 is 0 Å². The molecule has 1 rings (SSSR count). The highest BCUT2D eigenvalue weighted by Gasteiger charge is 2.24. The predicted octanol–water partition coefficient (Wildman–Crippen LogP) is 1.42. The first-order valence-corrected chi connectivity index (χ1v) is 6.76. The summed E-state index contributed by atoms with van der Waals surface area (Å²) in [6, 6.07) is 0. The van der Waals surface area contributed by atoms with Crippen LogP contribution in [-0.2, 0) is 4.74 Å². The lowest BCUT2D eigenvalue weighted by molar-refractivity contribution is -0.0121. The Bertz CT molecular complexity index is 191. The Morgan fingerprint density at radius 1 is 1.38 bits per heavy atom. The van der Waals surface area contributed by atoms with Gasteiger partial charge in [0.2, 0.25) is 0 Å². The second kappa shape index (κ2) is 6.84. The smallest absolute Gasteiger partial charge is 0.0701 e. The molecule has 1 N–H and O–H groups in total. The van der Waals surface area contributed by atoms with E-state index in [1.165, 1.54) is 0 Å². The Balaban J connectivity index is 2.21. The zero-order chi connectivity index (χ0) is 12.0. The van der Waals surface area contributed by atoms with Gasteiger partial charge in [0.15, 0.2) is 0 Å². The monoisotopic (exact) mass is 247 g/mol. The molecule has 4 heteroatoms. The maximum absolute atomic E-state index is 8.69. The molecule has 0 saturated carbocycles. The first-order valence-electron chi connectivity index (χ1n) is 6.13. The lowest BCUT2D eigenvalue weighted by atomic mass is 9.94. The molecule has 0 amide bonds. The number of thiol groups is 1. The number of piperidine rings is 1. The van der Waals surface area contributed by atoms with Crippen LogP contribution in [-0.4, -0.2) is 54.7 Å². The molecule has 1 heterocycles. The Hall–Kier alpha value is 0.230. The van der Waals surface area contributed by atoms with E-state index in [9.17, 15) is 0 Å². The second-order valence-electron chi connectivity index (χ2n) is 5.39. The van der Waals surface area contributed by atoms with E-state index in [-0.39, 0.29) is 6.61 Å². The summed E-state index contributed by atoms with van der Waals surface area (Å²) in [5, 5.41) is 8.69. The quantitative estimate of drug-likeness (QED) is 0.696. The number of nitrogens with zero attached hydrogens (tertiary/aromatic N) is 1. The van der Waals surface area contributed by atoms with Crippen molar-refractivity contribution in [1.82, 2.24) is 4.90 Å². The minimum Gasteiger partial charge on any atom is -0.394 e. The molecule has 0 bridgehead atoms. The average molecular weight is 247 g/mol. The molecule has 1 fully saturated rings. The summed E-state index contributed by atoms with van der Waals surface area (Å²) in [5.74, 6) is 0.925.